The maximum Gasteiger partial charge on any atom is 0.270 e. The molecule has 0 spiro atoms. The van der Waals surface area contributed by atoms with Gasteiger partial charge in [-0.25, -0.2) is 4.98 Å². The van der Waals surface area contributed by atoms with E-state index in [1.165, 1.54) is 0 Å². The minimum atomic E-state index is -0.335. The molecule has 3 N–H and O–H groups in total. The molecule has 0 aliphatic heterocycles. The minimum Gasteiger partial charge on any atom is -0.384 e. The Morgan fingerprint density at radius 2 is 2.15 bits per heavy atom. The average Bonchev–Trinajstić information content (AvgIpc) is 3.27. The van der Waals surface area contributed by atoms with E-state index in [2.05, 4.69) is 27.9 Å². The summed E-state index contributed by atoms with van der Waals surface area (Å²) in [6.07, 6.45) is 4.72. The van der Waals surface area contributed by atoms with E-state index in [0.29, 0.717) is 11.7 Å². The number of amides is 2. The highest BCUT2D eigenvalue weighted by molar-refractivity contribution is 5.95. The zero-order chi connectivity index (χ0) is 14.4. The third-order valence-corrected chi connectivity index (χ3v) is 2.93. The first kappa shape index (κ1) is 14.3. The van der Waals surface area contributed by atoms with Gasteiger partial charge in [-0.2, -0.15) is 0 Å². The SMILES string of the molecule is CCCNc1ccc(C(=O)NCC(=O)NC2CC2)nc1. The van der Waals surface area contributed by atoms with Gasteiger partial charge in [0, 0.05) is 12.6 Å². The van der Waals surface area contributed by atoms with Crippen LogP contribution in [0.4, 0.5) is 5.69 Å². The van der Waals surface area contributed by atoms with Crippen LogP contribution in [0.2, 0.25) is 0 Å². The van der Waals surface area contributed by atoms with Gasteiger partial charge in [-0.05, 0) is 31.4 Å². The molecule has 0 radical (unpaired) electrons. The van der Waals surface area contributed by atoms with Gasteiger partial charge < -0.3 is 16.0 Å². The molecule has 1 aliphatic carbocycles. The second-order valence-corrected chi connectivity index (χ2v) is 4.88. The van der Waals surface area contributed by atoms with Gasteiger partial charge in [-0.3, -0.25) is 9.59 Å². The van der Waals surface area contributed by atoms with Gasteiger partial charge in [-0.1, -0.05) is 6.92 Å². The van der Waals surface area contributed by atoms with Crippen molar-refractivity contribution in [3.05, 3.63) is 24.0 Å². The summed E-state index contributed by atoms with van der Waals surface area (Å²) in [5, 5.41) is 8.55. The third kappa shape index (κ3) is 4.53. The molecule has 1 fully saturated rings. The van der Waals surface area contributed by atoms with Crippen LogP contribution in [0.5, 0.6) is 0 Å². The monoisotopic (exact) mass is 276 g/mol. The van der Waals surface area contributed by atoms with Gasteiger partial charge >= 0.3 is 0 Å². The van der Waals surface area contributed by atoms with Crippen molar-refractivity contribution in [3.63, 3.8) is 0 Å². The fraction of sp³-hybridized carbons (Fsp3) is 0.500. The summed E-state index contributed by atoms with van der Waals surface area (Å²) in [5.74, 6) is -0.486. The number of hydrogen-bond donors (Lipinski definition) is 3. The molecule has 6 heteroatoms. The van der Waals surface area contributed by atoms with Crippen LogP contribution < -0.4 is 16.0 Å². The first-order valence-corrected chi connectivity index (χ1v) is 6.96. The van der Waals surface area contributed by atoms with Gasteiger partial charge in [0.25, 0.3) is 5.91 Å². The molecule has 20 heavy (non-hydrogen) atoms. The Morgan fingerprint density at radius 1 is 1.35 bits per heavy atom. The summed E-state index contributed by atoms with van der Waals surface area (Å²) in [4.78, 5) is 27.3. The van der Waals surface area contributed by atoms with Crippen molar-refractivity contribution >= 4 is 17.5 Å². The molecule has 1 aliphatic rings. The lowest BCUT2D eigenvalue weighted by Gasteiger charge is -2.07. The molecule has 2 amide bonds. The summed E-state index contributed by atoms with van der Waals surface area (Å²) in [6.45, 7) is 2.94. The summed E-state index contributed by atoms with van der Waals surface area (Å²) >= 11 is 0. The highest BCUT2D eigenvalue weighted by Gasteiger charge is 2.23. The number of anilines is 1. The lowest BCUT2D eigenvalue weighted by molar-refractivity contribution is -0.120. The fourth-order valence-electron chi connectivity index (χ4n) is 1.66. The number of carbonyl (C=O) groups is 2. The van der Waals surface area contributed by atoms with Crippen LogP contribution in [0, 0.1) is 0 Å². The van der Waals surface area contributed by atoms with E-state index in [4.69, 9.17) is 0 Å². The smallest absolute Gasteiger partial charge is 0.270 e. The normalized spacial score (nSPS) is 13.7. The molecule has 1 heterocycles. The zero-order valence-corrected chi connectivity index (χ0v) is 11.6. The van der Waals surface area contributed by atoms with Crippen LogP contribution in [0.3, 0.4) is 0 Å². The van der Waals surface area contributed by atoms with Crippen LogP contribution >= 0.6 is 0 Å². The molecule has 1 saturated carbocycles. The Bertz CT molecular complexity index is 469. The van der Waals surface area contributed by atoms with Crippen LogP contribution in [0.25, 0.3) is 0 Å². The lowest BCUT2D eigenvalue weighted by atomic mass is 10.3. The van der Waals surface area contributed by atoms with E-state index in [1.807, 2.05) is 6.07 Å². The number of hydrogen-bond acceptors (Lipinski definition) is 4. The number of pyridine rings is 1. The van der Waals surface area contributed by atoms with Crippen LogP contribution in [0.15, 0.2) is 18.3 Å². The van der Waals surface area contributed by atoms with Crippen molar-refractivity contribution < 1.29 is 9.59 Å². The molecule has 0 aromatic carbocycles. The maximum absolute atomic E-state index is 11.8. The number of rotatable bonds is 7. The van der Waals surface area contributed by atoms with E-state index in [0.717, 1.165) is 31.5 Å². The van der Waals surface area contributed by atoms with Crippen molar-refractivity contribution in [1.29, 1.82) is 0 Å². The zero-order valence-electron chi connectivity index (χ0n) is 11.6. The number of aromatic nitrogens is 1. The second kappa shape index (κ2) is 6.88. The predicted molar refractivity (Wildman–Crippen MR) is 76.5 cm³/mol. The first-order chi connectivity index (χ1) is 9.69. The molecular weight excluding hydrogens is 256 g/mol. The Labute approximate surface area is 118 Å². The maximum atomic E-state index is 11.8. The summed E-state index contributed by atoms with van der Waals surface area (Å²) < 4.78 is 0. The Balaban J connectivity index is 1.77. The molecule has 0 bridgehead atoms. The van der Waals surface area contributed by atoms with Gasteiger partial charge in [0.2, 0.25) is 5.91 Å². The molecule has 6 nitrogen and oxygen atoms in total. The van der Waals surface area contributed by atoms with Crippen molar-refractivity contribution in [2.24, 2.45) is 0 Å². The van der Waals surface area contributed by atoms with Crippen LogP contribution in [-0.2, 0) is 4.79 Å². The van der Waals surface area contributed by atoms with Gasteiger partial charge in [0.05, 0.1) is 18.4 Å². The summed E-state index contributed by atoms with van der Waals surface area (Å²) in [7, 11) is 0. The molecule has 108 valence electrons. The van der Waals surface area contributed by atoms with Crippen LogP contribution in [-0.4, -0.2) is 35.9 Å². The number of nitrogens with one attached hydrogen (secondary N) is 3. The second-order valence-electron chi connectivity index (χ2n) is 4.88. The lowest BCUT2D eigenvalue weighted by Crippen LogP contribution is -2.38. The molecule has 0 atom stereocenters. The van der Waals surface area contributed by atoms with Crippen molar-refractivity contribution in [1.82, 2.24) is 15.6 Å². The topological polar surface area (TPSA) is 83.1 Å². The van der Waals surface area contributed by atoms with Crippen molar-refractivity contribution in [2.75, 3.05) is 18.4 Å². The molecule has 1 aromatic rings. The fourth-order valence-corrected chi connectivity index (χ4v) is 1.66. The van der Waals surface area contributed by atoms with E-state index >= 15 is 0 Å². The molecule has 0 unspecified atom stereocenters. The van der Waals surface area contributed by atoms with Gasteiger partial charge in [-0.15, -0.1) is 0 Å². The quantitative estimate of drug-likeness (QED) is 0.691. The summed E-state index contributed by atoms with van der Waals surface area (Å²) in [6, 6.07) is 3.76. The van der Waals surface area contributed by atoms with Gasteiger partial charge in [0.15, 0.2) is 0 Å². The number of carbonyl (C=O) groups excluding carboxylic acids is 2. The van der Waals surface area contributed by atoms with Crippen molar-refractivity contribution in [2.45, 2.75) is 32.2 Å². The predicted octanol–water partition coefficient (Wildman–Crippen LogP) is 0.912. The summed E-state index contributed by atoms with van der Waals surface area (Å²) in [5.41, 5.74) is 1.20. The minimum absolute atomic E-state index is 0.00709. The van der Waals surface area contributed by atoms with E-state index < -0.39 is 0 Å². The van der Waals surface area contributed by atoms with E-state index in [9.17, 15) is 9.59 Å². The Morgan fingerprint density at radius 3 is 2.75 bits per heavy atom. The van der Waals surface area contributed by atoms with Crippen molar-refractivity contribution in [3.8, 4) is 0 Å². The molecule has 2 rings (SSSR count). The Kier molecular flexibility index (Phi) is 4.92. The molecular formula is C14H20N4O2. The first-order valence-electron chi connectivity index (χ1n) is 6.96. The van der Waals surface area contributed by atoms with Gasteiger partial charge in [0.1, 0.15) is 5.69 Å². The highest BCUT2D eigenvalue weighted by atomic mass is 16.2. The third-order valence-electron chi connectivity index (χ3n) is 2.93. The van der Waals surface area contributed by atoms with E-state index in [-0.39, 0.29) is 18.4 Å². The number of nitrogens with zero attached hydrogens (tertiary/aromatic N) is 1. The average molecular weight is 276 g/mol. The molecule has 1 aromatic heterocycles. The largest absolute Gasteiger partial charge is 0.384 e. The molecule has 0 saturated heterocycles. The standard InChI is InChI=1S/C14H20N4O2/c1-2-7-15-11-5-6-12(16-8-11)14(20)17-9-13(19)18-10-3-4-10/h5-6,8,10,15H,2-4,7,9H2,1H3,(H,17,20)(H,18,19). The van der Waals surface area contributed by atoms with Crippen LogP contribution in [0.1, 0.15) is 36.7 Å². The Hall–Kier alpha value is -2.11. The van der Waals surface area contributed by atoms with E-state index in [1.54, 1.807) is 12.3 Å². The highest BCUT2D eigenvalue weighted by Crippen LogP contribution is 2.18.